The quantitative estimate of drug-likeness (QED) is 0.914. The fourth-order valence-corrected chi connectivity index (χ4v) is 3.41. The van der Waals surface area contributed by atoms with Gasteiger partial charge in [-0.2, -0.15) is 0 Å². The average molecular weight is 331 g/mol. The van der Waals surface area contributed by atoms with Gasteiger partial charge in [-0.05, 0) is 30.2 Å². The van der Waals surface area contributed by atoms with Crippen molar-refractivity contribution in [2.45, 2.75) is 25.1 Å². The lowest BCUT2D eigenvalue weighted by atomic mass is 10.0. The predicted octanol–water partition coefficient (Wildman–Crippen LogP) is 3.15. The number of β-amino-alcohol motifs (C(OH)–C–C–N with tert-alkyl or cyclic N) is 1. The molecule has 1 saturated heterocycles. The van der Waals surface area contributed by atoms with Gasteiger partial charge in [0.05, 0.1) is 20.3 Å². The van der Waals surface area contributed by atoms with Crippen LogP contribution in [0.4, 0.5) is 4.39 Å². The molecule has 2 unspecified atom stereocenters. The number of benzene rings is 2. The van der Waals surface area contributed by atoms with Crippen molar-refractivity contribution in [2.75, 3.05) is 20.8 Å². The number of likely N-dealkylation sites (tertiary alicyclic amines) is 1. The Morgan fingerprint density at radius 3 is 2.67 bits per heavy atom. The standard InChI is InChI=1S/C19H22FNO3/c1-23-18-8-4-6-14(19(18)24-2)11-21-12-16(22)10-17(21)13-5-3-7-15(20)9-13/h3-9,16-17,22H,10-12H2,1-2H3. The Morgan fingerprint density at radius 2 is 1.96 bits per heavy atom. The zero-order valence-electron chi connectivity index (χ0n) is 13.9. The molecule has 1 aliphatic rings. The molecule has 3 rings (SSSR count). The number of halogens is 1. The lowest BCUT2D eigenvalue weighted by molar-refractivity contribution is 0.172. The van der Waals surface area contributed by atoms with E-state index in [2.05, 4.69) is 4.90 Å². The number of rotatable bonds is 5. The van der Waals surface area contributed by atoms with Gasteiger partial charge < -0.3 is 14.6 Å². The van der Waals surface area contributed by atoms with Crippen LogP contribution in [-0.4, -0.2) is 36.9 Å². The molecule has 2 aromatic carbocycles. The zero-order valence-corrected chi connectivity index (χ0v) is 13.9. The van der Waals surface area contributed by atoms with Gasteiger partial charge in [0.15, 0.2) is 11.5 Å². The Bertz CT molecular complexity index is 707. The molecule has 1 N–H and O–H groups in total. The number of aliphatic hydroxyl groups excluding tert-OH is 1. The highest BCUT2D eigenvalue weighted by molar-refractivity contribution is 5.46. The van der Waals surface area contributed by atoms with Crippen LogP contribution < -0.4 is 9.47 Å². The van der Waals surface area contributed by atoms with Crippen molar-refractivity contribution in [3.05, 3.63) is 59.4 Å². The van der Waals surface area contributed by atoms with Crippen molar-refractivity contribution >= 4 is 0 Å². The zero-order chi connectivity index (χ0) is 17.1. The molecule has 24 heavy (non-hydrogen) atoms. The molecular formula is C19H22FNO3. The van der Waals surface area contributed by atoms with Crippen LogP contribution in [0.1, 0.15) is 23.6 Å². The van der Waals surface area contributed by atoms with Gasteiger partial charge in [-0.3, -0.25) is 4.90 Å². The summed E-state index contributed by atoms with van der Waals surface area (Å²) in [5, 5.41) is 10.1. The molecule has 1 heterocycles. The van der Waals surface area contributed by atoms with Crippen LogP contribution in [-0.2, 0) is 6.54 Å². The Balaban J connectivity index is 1.88. The molecule has 0 bridgehead atoms. The van der Waals surface area contributed by atoms with Gasteiger partial charge in [0, 0.05) is 24.7 Å². The van der Waals surface area contributed by atoms with E-state index in [1.54, 1.807) is 26.4 Å². The Labute approximate surface area is 141 Å². The summed E-state index contributed by atoms with van der Waals surface area (Å²) in [5.74, 6) is 1.12. The summed E-state index contributed by atoms with van der Waals surface area (Å²) < 4.78 is 24.4. The van der Waals surface area contributed by atoms with E-state index in [0.29, 0.717) is 31.0 Å². The summed E-state index contributed by atoms with van der Waals surface area (Å²) in [6.45, 7) is 1.14. The smallest absolute Gasteiger partial charge is 0.165 e. The van der Waals surface area contributed by atoms with E-state index in [9.17, 15) is 9.50 Å². The highest BCUT2D eigenvalue weighted by atomic mass is 19.1. The van der Waals surface area contributed by atoms with E-state index < -0.39 is 6.10 Å². The molecular weight excluding hydrogens is 309 g/mol. The number of hydrogen-bond donors (Lipinski definition) is 1. The molecule has 2 aromatic rings. The maximum atomic E-state index is 13.6. The van der Waals surface area contributed by atoms with Gasteiger partial charge in [0.2, 0.25) is 0 Å². The van der Waals surface area contributed by atoms with Crippen molar-refractivity contribution < 1.29 is 19.0 Å². The van der Waals surface area contributed by atoms with Gasteiger partial charge in [-0.25, -0.2) is 4.39 Å². The summed E-state index contributed by atoms with van der Waals surface area (Å²) in [6.07, 6.45) is 0.172. The molecule has 0 saturated carbocycles. The number of ether oxygens (including phenoxy) is 2. The van der Waals surface area contributed by atoms with E-state index in [-0.39, 0.29) is 11.9 Å². The fraction of sp³-hybridized carbons (Fsp3) is 0.368. The van der Waals surface area contributed by atoms with E-state index in [4.69, 9.17) is 9.47 Å². The van der Waals surface area contributed by atoms with Crippen molar-refractivity contribution in [1.29, 1.82) is 0 Å². The largest absolute Gasteiger partial charge is 0.493 e. The highest BCUT2D eigenvalue weighted by Gasteiger charge is 2.32. The van der Waals surface area contributed by atoms with Crippen molar-refractivity contribution in [2.24, 2.45) is 0 Å². The summed E-state index contributed by atoms with van der Waals surface area (Å²) in [4.78, 5) is 2.15. The Hall–Kier alpha value is -2.11. The van der Waals surface area contributed by atoms with Crippen LogP contribution in [0.25, 0.3) is 0 Å². The third-order valence-corrected chi connectivity index (χ3v) is 4.47. The van der Waals surface area contributed by atoms with Crippen LogP contribution in [0.3, 0.4) is 0 Å². The summed E-state index contributed by atoms with van der Waals surface area (Å²) in [6, 6.07) is 12.3. The molecule has 0 spiro atoms. The van der Waals surface area contributed by atoms with Crippen LogP contribution in [0.5, 0.6) is 11.5 Å². The third-order valence-electron chi connectivity index (χ3n) is 4.47. The minimum Gasteiger partial charge on any atom is -0.493 e. The first-order valence-electron chi connectivity index (χ1n) is 7.99. The Kier molecular flexibility index (Phi) is 5.02. The van der Waals surface area contributed by atoms with Crippen LogP contribution in [0.15, 0.2) is 42.5 Å². The number of hydrogen-bond acceptors (Lipinski definition) is 4. The first kappa shape index (κ1) is 16.7. The third kappa shape index (κ3) is 3.37. The van der Waals surface area contributed by atoms with E-state index >= 15 is 0 Å². The molecule has 0 aromatic heterocycles. The molecule has 1 aliphatic heterocycles. The van der Waals surface area contributed by atoms with Crippen molar-refractivity contribution in [3.63, 3.8) is 0 Å². The van der Waals surface area contributed by atoms with Crippen LogP contribution in [0.2, 0.25) is 0 Å². The minimum absolute atomic E-state index is 0.0217. The molecule has 0 aliphatic carbocycles. The maximum absolute atomic E-state index is 13.6. The average Bonchev–Trinajstić information content (AvgIpc) is 2.95. The number of para-hydroxylation sites is 1. The maximum Gasteiger partial charge on any atom is 0.165 e. The first-order valence-corrected chi connectivity index (χ1v) is 7.99. The number of methoxy groups -OCH3 is 2. The molecule has 5 heteroatoms. The normalized spacial score (nSPS) is 21.0. The van der Waals surface area contributed by atoms with Crippen molar-refractivity contribution in [3.8, 4) is 11.5 Å². The second kappa shape index (κ2) is 7.20. The monoisotopic (exact) mass is 331 g/mol. The van der Waals surface area contributed by atoms with Gasteiger partial charge in [0.25, 0.3) is 0 Å². The van der Waals surface area contributed by atoms with E-state index in [0.717, 1.165) is 11.1 Å². The molecule has 4 nitrogen and oxygen atoms in total. The summed E-state index contributed by atoms with van der Waals surface area (Å²) in [7, 11) is 3.22. The number of aliphatic hydroxyl groups is 1. The second-order valence-corrected chi connectivity index (χ2v) is 6.04. The molecule has 1 fully saturated rings. The Morgan fingerprint density at radius 1 is 1.17 bits per heavy atom. The van der Waals surface area contributed by atoms with E-state index in [1.807, 2.05) is 24.3 Å². The molecule has 0 radical (unpaired) electrons. The first-order chi connectivity index (χ1) is 11.6. The minimum atomic E-state index is -0.421. The summed E-state index contributed by atoms with van der Waals surface area (Å²) >= 11 is 0. The molecule has 128 valence electrons. The molecule has 2 atom stereocenters. The SMILES string of the molecule is COc1cccc(CN2CC(O)CC2c2cccc(F)c2)c1OC. The van der Waals surface area contributed by atoms with Gasteiger partial charge >= 0.3 is 0 Å². The van der Waals surface area contributed by atoms with Crippen LogP contribution in [0, 0.1) is 5.82 Å². The van der Waals surface area contributed by atoms with Gasteiger partial charge in [-0.15, -0.1) is 0 Å². The second-order valence-electron chi connectivity index (χ2n) is 6.04. The van der Waals surface area contributed by atoms with Gasteiger partial charge in [-0.1, -0.05) is 24.3 Å². The number of nitrogens with zero attached hydrogens (tertiary/aromatic N) is 1. The lowest BCUT2D eigenvalue weighted by Gasteiger charge is -2.25. The van der Waals surface area contributed by atoms with Gasteiger partial charge in [0.1, 0.15) is 5.82 Å². The van der Waals surface area contributed by atoms with E-state index in [1.165, 1.54) is 6.07 Å². The lowest BCUT2D eigenvalue weighted by Crippen LogP contribution is -2.24. The molecule has 0 amide bonds. The highest BCUT2D eigenvalue weighted by Crippen LogP contribution is 2.37. The topological polar surface area (TPSA) is 41.9 Å². The predicted molar refractivity (Wildman–Crippen MR) is 89.7 cm³/mol. The summed E-state index contributed by atoms with van der Waals surface area (Å²) in [5.41, 5.74) is 1.86. The van der Waals surface area contributed by atoms with Crippen LogP contribution >= 0.6 is 0 Å². The van der Waals surface area contributed by atoms with Crippen molar-refractivity contribution in [1.82, 2.24) is 4.90 Å². The fourth-order valence-electron chi connectivity index (χ4n) is 3.41.